The molecular weight excluding hydrogens is 452 g/mol. The number of fused-ring (bicyclic) bond motifs is 1. The normalized spacial score (nSPS) is 10.7. The standard InChI is InChI=1S/C26H24N2O7/c1-4-15-7-5-8-16-18(13-27-24(15)16)20(29)14-35-26(31)17-11-22(32-2)23(33-3)12-19(17)28-25(30)21-9-6-10-34-21/h5-13,27H,4,14H2,1-3H3,(H,28,30). The van der Waals surface area contributed by atoms with Crippen molar-refractivity contribution in [1.82, 2.24) is 4.98 Å². The Morgan fingerprint density at radius 3 is 2.46 bits per heavy atom. The number of aromatic nitrogens is 1. The number of anilines is 1. The molecule has 1 amide bonds. The van der Waals surface area contributed by atoms with Crippen LogP contribution < -0.4 is 14.8 Å². The van der Waals surface area contributed by atoms with E-state index < -0.39 is 18.5 Å². The smallest absolute Gasteiger partial charge is 0.340 e. The number of H-pyrrole nitrogens is 1. The molecule has 2 heterocycles. The molecule has 0 bridgehead atoms. The lowest BCUT2D eigenvalue weighted by Gasteiger charge is -2.15. The maximum absolute atomic E-state index is 13.0. The highest BCUT2D eigenvalue weighted by atomic mass is 16.5. The van der Waals surface area contributed by atoms with Crippen molar-refractivity contribution in [2.75, 3.05) is 26.1 Å². The lowest BCUT2D eigenvalue weighted by atomic mass is 10.1. The van der Waals surface area contributed by atoms with Crippen molar-refractivity contribution in [3.8, 4) is 11.5 Å². The van der Waals surface area contributed by atoms with Crippen LogP contribution in [-0.4, -0.2) is 43.5 Å². The fourth-order valence-corrected chi connectivity index (χ4v) is 3.77. The minimum atomic E-state index is -0.817. The Morgan fingerprint density at radius 2 is 1.77 bits per heavy atom. The molecule has 2 N–H and O–H groups in total. The predicted molar refractivity (Wildman–Crippen MR) is 128 cm³/mol. The number of Topliss-reactive ketones (excluding diaryl/α,β-unsaturated/α-hetero) is 1. The highest BCUT2D eigenvalue weighted by Crippen LogP contribution is 2.34. The second-order valence-electron chi connectivity index (χ2n) is 7.58. The van der Waals surface area contributed by atoms with E-state index in [1.165, 1.54) is 38.7 Å². The molecule has 4 aromatic rings. The number of rotatable bonds is 9. The Hall–Kier alpha value is -4.53. The largest absolute Gasteiger partial charge is 0.493 e. The van der Waals surface area contributed by atoms with Crippen LogP contribution in [0.4, 0.5) is 5.69 Å². The van der Waals surface area contributed by atoms with Crippen molar-refractivity contribution in [1.29, 1.82) is 0 Å². The van der Waals surface area contributed by atoms with Gasteiger partial charge in [0.1, 0.15) is 0 Å². The number of furan rings is 1. The molecule has 0 unspecified atom stereocenters. The first kappa shape index (κ1) is 23.6. The number of hydrogen-bond acceptors (Lipinski definition) is 7. The molecule has 35 heavy (non-hydrogen) atoms. The summed E-state index contributed by atoms with van der Waals surface area (Å²) in [4.78, 5) is 41.5. The molecule has 0 fully saturated rings. The molecule has 0 aliphatic heterocycles. The molecular formula is C26H24N2O7. The van der Waals surface area contributed by atoms with Crippen LogP contribution in [0, 0.1) is 0 Å². The second-order valence-corrected chi connectivity index (χ2v) is 7.58. The fourth-order valence-electron chi connectivity index (χ4n) is 3.77. The number of aromatic amines is 1. The maximum atomic E-state index is 13.0. The number of benzene rings is 2. The van der Waals surface area contributed by atoms with Crippen molar-refractivity contribution >= 4 is 34.3 Å². The van der Waals surface area contributed by atoms with Gasteiger partial charge in [-0.2, -0.15) is 0 Å². The van der Waals surface area contributed by atoms with Crippen molar-refractivity contribution in [2.45, 2.75) is 13.3 Å². The summed E-state index contributed by atoms with van der Waals surface area (Å²) in [7, 11) is 2.84. The van der Waals surface area contributed by atoms with Crippen LogP contribution in [0.25, 0.3) is 10.9 Å². The van der Waals surface area contributed by atoms with Crippen LogP contribution in [-0.2, 0) is 11.2 Å². The third-order valence-electron chi connectivity index (χ3n) is 5.55. The van der Waals surface area contributed by atoms with E-state index in [1.807, 2.05) is 25.1 Å². The van der Waals surface area contributed by atoms with Gasteiger partial charge in [-0.05, 0) is 24.1 Å². The van der Waals surface area contributed by atoms with Crippen LogP contribution >= 0.6 is 0 Å². The molecule has 0 saturated heterocycles. The van der Waals surface area contributed by atoms with Crippen molar-refractivity contribution in [2.24, 2.45) is 0 Å². The minimum absolute atomic E-state index is 0.0115. The van der Waals surface area contributed by atoms with Gasteiger partial charge >= 0.3 is 5.97 Å². The molecule has 0 aliphatic rings. The number of esters is 1. The summed E-state index contributed by atoms with van der Waals surface area (Å²) in [5.74, 6) is -1.15. The molecule has 0 radical (unpaired) electrons. The summed E-state index contributed by atoms with van der Waals surface area (Å²) in [5, 5.41) is 3.38. The second kappa shape index (κ2) is 10.2. The Bertz CT molecular complexity index is 1390. The summed E-state index contributed by atoms with van der Waals surface area (Å²) in [6.07, 6.45) is 3.79. The number of nitrogens with one attached hydrogen (secondary N) is 2. The van der Waals surface area contributed by atoms with Gasteiger partial charge in [0.25, 0.3) is 5.91 Å². The average molecular weight is 476 g/mol. The van der Waals surface area contributed by atoms with E-state index in [9.17, 15) is 14.4 Å². The zero-order valence-electron chi connectivity index (χ0n) is 19.5. The molecule has 0 spiro atoms. The Kier molecular flexibility index (Phi) is 6.86. The van der Waals surface area contributed by atoms with Gasteiger partial charge in [-0.15, -0.1) is 0 Å². The molecule has 0 atom stereocenters. The lowest BCUT2D eigenvalue weighted by Crippen LogP contribution is -2.18. The highest BCUT2D eigenvalue weighted by molar-refractivity contribution is 6.11. The third-order valence-corrected chi connectivity index (χ3v) is 5.55. The van der Waals surface area contributed by atoms with Gasteiger partial charge in [-0.3, -0.25) is 9.59 Å². The number of aryl methyl sites for hydroxylation is 1. The number of carbonyl (C=O) groups excluding carboxylic acids is 3. The van der Waals surface area contributed by atoms with Crippen molar-refractivity contribution < 1.29 is 33.0 Å². The van der Waals surface area contributed by atoms with Gasteiger partial charge in [0, 0.05) is 34.8 Å². The molecule has 180 valence electrons. The molecule has 2 aromatic heterocycles. The van der Waals surface area contributed by atoms with Crippen LogP contribution in [0.1, 0.15) is 43.8 Å². The number of para-hydroxylation sites is 1. The number of methoxy groups -OCH3 is 2. The summed E-state index contributed by atoms with van der Waals surface area (Å²) in [6, 6.07) is 11.6. The highest BCUT2D eigenvalue weighted by Gasteiger charge is 2.23. The SMILES string of the molecule is CCc1cccc2c(C(=O)COC(=O)c3cc(OC)c(OC)cc3NC(=O)c3ccco3)c[nH]c12. The molecule has 9 heteroatoms. The van der Waals surface area contributed by atoms with E-state index in [-0.39, 0.29) is 28.5 Å². The van der Waals surface area contributed by atoms with Gasteiger partial charge in [0.15, 0.2) is 23.9 Å². The van der Waals surface area contributed by atoms with Crippen LogP contribution in [0.5, 0.6) is 11.5 Å². The van der Waals surface area contributed by atoms with E-state index in [2.05, 4.69) is 10.3 Å². The van der Waals surface area contributed by atoms with Crippen LogP contribution in [0.3, 0.4) is 0 Å². The third kappa shape index (κ3) is 4.74. The van der Waals surface area contributed by atoms with Gasteiger partial charge in [0.05, 0.1) is 31.7 Å². The number of ether oxygens (including phenoxy) is 3. The first-order valence-corrected chi connectivity index (χ1v) is 10.9. The van der Waals surface area contributed by atoms with Crippen LogP contribution in [0.15, 0.2) is 59.3 Å². The predicted octanol–water partition coefficient (Wildman–Crippen LogP) is 4.63. The maximum Gasteiger partial charge on any atom is 0.340 e. The molecule has 2 aromatic carbocycles. The van der Waals surface area contributed by atoms with Gasteiger partial charge in [-0.1, -0.05) is 25.1 Å². The Labute approximate surface area is 201 Å². The minimum Gasteiger partial charge on any atom is -0.493 e. The van der Waals surface area contributed by atoms with E-state index in [1.54, 1.807) is 12.3 Å². The number of hydrogen-bond donors (Lipinski definition) is 2. The van der Waals surface area contributed by atoms with Crippen molar-refractivity contribution in [3.63, 3.8) is 0 Å². The zero-order valence-corrected chi connectivity index (χ0v) is 19.5. The molecule has 0 aliphatic carbocycles. The summed E-state index contributed by atoms with van der Waals surface area (Å²) in [6.45, 7) is 1.55. The Morgan fingerprint density at radius 1 is 1.00 bits per heavy atom. The summed E-state index contributed by atoms with van der Waals surface area (Å²) in [5.41, 5.74) is 2.50. The molecule has 4 rings (SSSR count). The van der Waals surface area contributed by atoms with E-state index in [0.29, 0.717) is 11.3 Å². The molecule has 9 nitrogen and oxygen atoms in total. The lowest BCUT2D eigenvalue weighted by molar-refractivity contribution is 0.0476. The zero-order chi connectivity index (χ0) is 24.9. The van der Waals surface area contributed by atoms with Gasteiger partial charge in [0.2, 0.25) is 5.78 Å². The molecule has 0 saturated carbocycles. The van der Waals surface area contributed by atoms with Crippen LogP contribution in [0.2, 0.25) is 0 Å². The monoisotopic (exact) mass is 476 g/mol. The number of ketones is 1. The average Bonchev–Trinajstić information content (AvgIpc) is 3.57. The van der Waals surface area contributed by atoms with Gasteiger partial charge in [-0.25, -0.2) is 4.79 Å². The topological polar surface area (TPSA) is 120 Å². The fraction of sp³-hybridized carbons (Fsp3) is 0.192. The first-order chi connectivity index (χ1) is 17.0. The van der Waals surface area contributed by atoms with Crippen molar-refractivity contribution in [3.05, 3.63) is 77.4 Å². The summed E-state index contributed by atoms with van der Waals surface area (Å²) < 4.78 is 21.0. The first-order valence-electron chi connectivity index (χ1n) is 10.9. The number of carbonyl (C=O) groups is 3. The van der Waals surface area contributed by atoms with E-state index in [4.69, 9.17) is 18.6 Å². The number of amides is 1. The van der Waals surface area contributed by atoms with E-state index >= 15 is 0 Å². The Balaban J connectivity index is 1.57. The van der Waals surface area contributed by atoms with Gasteiger partial charge < -0.3 is 28.9 Å². The van der Waals surface area contributed by atoms with E-state index in [0.717, 1.165) is 22.9 Å². The quantitative estimate of drug-likeness (QED) is 0.267. The summed E-state index contributed by atoms with van der Waals surface area (Å²) >= 11 is 0.